The SMILES string of the molecule is CNc1nc(C(=O)N2CCC3(CCc4c3nc(N3CCOCC3)[nH]c4=O)CC2)cs1. The molecular formula is C20H26N6O3S. The number of ether oxygens (including phenoxy) is 1. The van der Waals surface area contributed by atoms with Gasteiger partial charge in [0.2, 0.25) is 5.95 Å². The first-order chi connectivity index (χ1) is 14.6. The zero-order chi connectivity index (χ0) is 20.7. The lowest BCUT2D eigenvalue weighted by molar-refractivity contribution is 0.0658. The van der Waals surface area contributed by atoms with Gasteiger partial charge >= 0.3 is 0 Å². The molecule has 10 heteroatoms. The van der Waals surface area contributed by atoms with Gasteiger partial charge in [-0.05, 0) is 25.7 Å². The molecule has 1 spiro atoms. The molecule has 1 amide bonds. The lowest BCUT2D eigenvalue weighted by Gasteiger charge is -2.39. The van der Waals surface area contributed by atoms with Crippen LogP contribution in [-0.2, 0) is 16.6 Å². The summed E-state index contributed by atoms with van der Waals surface area (Å²) in [5.41, 5.74) is 2.14. The van der Waals surface area contributed by atoms with E-state index in [9.17, 15) is 9.59 Å². The summed E-state index contributed by atoms with van der Waals surface area (Å²) in [5, 5.41) is 5.53. The molecule has 2 aromatic heterocycles. The molecule has 2 saturated heterocycles. The molecule has 30 heavy (non-hydrogen) atoms. The maximum atomic E-state index is 12.8. The van der Waals surface area contributed by atoms with Crippen molar-refractivity contribution in [1.82, 2.24) is 19.9 Å². The third-order valence-corrected chi connectivity index (χ3v) is 7.47. The van der Waals surface area contributed by atoms with Crippen LogP contribution in [0, 0.1) is 0 Å². The van der Waals surface area contributed by atoms with Gasteiger partial charge in [-0.2, -0.15) is 0 Å². The fraction of sp³-hybridized carbons (Fsp3) is 0.600. The number of nitrogens with one attached hydrogen (secondary N) is 2. The van der Waals surface area contributed by atoms with Gasteiger partial charge in [-0.3, -0.25) is 14.6 Å². The van der Waals surface area contributed by atoms with Crippen LogP contribution in [0.5, 0.6) is 0 Å². The molecular weight excluding hydrogens is 404 g/mol. The Labute approximate surface area is 178 Å². The molecule has 0 saturated carbocycles. The number of H-pyrrole nitrogens is 1. The molecule has 0 bridgehead atoms. The first-order valence-corrected chi connectivity index (χ1v) is 11.4. The number of amides is 1. The minimum atomic E-state index is -0.111. The van der Waals surface area contributed by atoms with E-state index in [2.05, 4.69) is 20.2 Å². The monoisotopic (exact) mass is 430 g/mol. The Hall–Kier alpha value is -2.46. The van der Waals surface area contributed by atoms with Crippen LogP contribution in [0.4, 0.5) is 11.1 Å². The van der Waals surface area contributed by atoms with Crippen LogP contribution in [0.15, 0.2) is 10.2 Å². The molecule has 0 radical (unpaired) electrons. The fourth-order valence-electron chi connectivity index (χ4n) is 4.84. The van der Waals surface area contributed by atoms with Crippen molar-refractivity contribution in [1.29, 1.82) is 0 Å². The fourth-order valence-corrected chi connectivity index (χ4v) is 5.48. The van der Waals surface area contributed by atoms with E-state index < -0.39 is 0 Å². The highest BCUT2D eigenvalue weighted by atomic mass is 32.1. The number of rotatable bonds is 3. The second kappa shape index (κ2) is 7.66. The summed E-state index contributed by atoms with van der Waals surface area (Å²) >= 11 is 1.44. The summed E-state index contributed by atoms with van der Waals surface area (Å²) in [6.07, 6.45) is 3.34. The Kier molecular flexibility index (Phi) is 4.98. The van der Waals surface area contributed by atoms with Crippen molar-refractivity contribution in [3.05, 3.63) is 32.7 Å². The lowest BCUT2D eigenvalue weighted by Crippen LogP contribution is -2.45. The number of piperidine rings is 1. The van der Waals surface area contributed by atoms with E-state index in [4.69, 9.17) is 9.72 Å². The van der Waals surface area contributed by atoms with E-state index in [1.54, 1.807) is 12.4 Å². The predicted molar refractivity (Wildman–Crippen MR) is 115 cm³/mol. The number of likely N-dealkylation sites (tertiary alicyclic amines) is 1. The predicted octanol–water partition coefficient (Wildman–Crippen LogP) is 1.22. The van der Waals surface area contributed by atoms with E-state index in [0.29, 0.717) is 37.9 Å². The Morgan fingerprint density at radius 1 is 1.20 bits per heavy atom. The number of carbonyl (C=O) groups excluding carboxylic acids is 1. The summed E-state index contributed by atoms with van der Waals surface area (Å²) in [5.74, 6) is 0.637. The van der Waals surface area contributed by atoms with Gasteiger partial charge in [0.05, 0.1) is 18.9 Å². The summed E-state index contributed by atoms with van der Waals surface area (Å²) < 4.78 is 5.43. The van der Waals surface area contributed by atoms with Gasteiger partial charge in [0.15, 0.2) is 5.13 Å². The first-order valence-electron chi connectivity index (χ1n) is 10.5. The van der Waals surface area contributed by atoms with E-state index in [0.717, 1.165) is 55.2 Å². The van der Waals surface area contributed by atoms with Crippen molar-refractivity contribution in [2.75, 3.05) is 56.7 Å². The molecule has 0 atom stereocenters. The van der Waals surface area contributed by atoms with Crippen LogP contribution in [0.2, 0.25) is 0 Å². The third-order valence-electron chi connectivity index (χ3n) is 6.61. The number of thiazole rings is 1. The summed E-state index contributed by atoms with van der Waals surface area (Å²) in [6, 6.07) is 0. The van der Waals surface area contributed by atoms with Crippen molar-refractivity contribution >= 4 is 28.3 Å². The van der Waals surface area contributed by atoms with E-state index in [-0.39, 0.29) is 16.9 Å². The molecule has 160 valence electrons. The van der Waals surface area contributed by atoms with Crippen LogP contribution >= 0.6 is 11.3 Å². The van der Waals surface area contributed by atoms with Gasteiger partial charge < -0.3 is 19.9 Å². The number of nitrogens with zero attached hydrogens (tertiary/aromatic N) is 4. The molecule has 3 aliphatic rings. The van der Waals surface area contributed by atoms with Gasteiger partial charge in [0.25, 0.3) is 11.5 Å². The normalized spacial score (nSPS) is 20.4. The maximum Gasteiger partial charge on any atom is 0.273 e. The van der Waals surface area contributed by atoms with Crippen LogP contribution in [0.1, 0.15) is 41.0 Å². The van der Waals surface area contributed by atoms with Crippen molar-refractivity contribution < 1.29 is 9.53 Å². The van der Waals surface area contributed by atoms with E-state index in [1.807, 2.05) is 4.90 Å². The van der Waals surface area contributed by atoms with E-state index in [1.165, 1.54) is 11.3 Å². The number of hydrogen-bond acceptors (Lipinski definition) is 8. The summed E-state index contributed by atoms with van der Waals surface area (Å²) in [6.45, 7) is 4.08. The smallest absolute Gasteiger partial charge is 0.273 e. The van der Waals surface area contributed by atoms with Gasteiger partial charge in [0, 0.05) is 49.6 Å². The Morgan fingerprint density at radius 2 is 1.97 bits per heavy atom. The highest BCUT2D eigenvalue weighted by molar-refractivity contribution is 7.13. The molecule has 0 aromatic carbocycles. The Balaban J connectivity index is 1.36. The highest BCUT2D eigenvalue weighted by Crippen LogP contribution is 2.44. The number of aromatic amines is 1. The number of hydrogen-bond donors (Lipinski definition) is 2. The minimum absolute atomic E-state index is 0.0149. The number of fused-ring (bicyclic) bond motifs is 2. The topological polar surface area (TPSA) is 103 Å². The van der Waals surface area contributed by atoms with Gasteiger partial charge in [-0.15, -0.1) is 11.3 Å². The number of morpholine rings is 1. The van der Waals surface area contributed by atoms with Crippen LogP contribution in [0.3, 0.4) is 0 Å². The first kappa shape index (κ1) is 19.5. The van der Waals surface area contributed by atoms with Crippen LogP contribution < -0.4 is 15.8 Å². The average Bonchev–Trinajstić information content (AvgIpc) is 3.40. The average molecular weight is 431 g/mol. The summed E-state index contributed by atoms with van der Waals surface area (Å²) in [4.78, 5) is 41.9. The second-order valence-electron chi connectivity index (χ2n) is 8.18. The standard InChI is InChI=1S/C20H26N6O3S/c1-21-19-22-14(12-30-19)17(28)25-6-4-20(5-7-25)3-2-13-15(20)23-18(24-16(13)27)26-8-10-29-11-9-26/h12H,2-11H2,1H3,(H,21,22)(H,23,24,27). The van der Waals surface area contributed by atoms with Gasteiger partial charge in [-0.1, -0.05) is 0 Å². The minimum Gasteiger partial charge on any atom is -0.378 e. The number of aromatic nitrogens is 3. The van der Waals surface area contributed by atoms with Crippen LogP contribution in [-0.4, -0.2) is 72.2 Å². The van der Waals surface area contributed by atoms with Gasteiger partial charge in [-0.25, -0.2) is 9.97 Å². The van der Waals surface area contributed by atoms with Crippen LogP contribution in [0.25, 0.3) is 0 Å². The largest absolute Gasteiger partial charge is 0.378 e. The molecule has 4 heterocycles. The molecule has 1 aliphatic carbocycles. The molecule has 2 aliphatic heterocycles. The number of carbonyl (C=O) groups is 1. The van der Waals surface area contributed by atoms with E-state index >= 15 is 0 Å². The molecule has 0 unspecified atom stereocenters. The molecule has 5 rings (SSSR count). The van der Waals surface area contributed by atoms with Crippen molar-refractivity contribution in [2.45, 2.75) is 31.1 Å². The van der Waals surface area contributed by atoms with Crippen molar-refractivity contribution in [2.24, 2.45) is 0 Å². The lowest BCUT2D eigenvalue weighted by atomic mass is 9.76. The van der Waals surface area contributed by atoms with Gasteiger partial charge in [0.1, 0.15) is 5.69 Å². The molecule has 9 nitrogen and oxygen atoms in total. The molecule has 2 aromatic rings. The molecule has 2 N–H and O–H groups in total. The highest BCUT2D eigenvalue weighted by Gasteiger charge is 2.45. The van der Waals surface area contributed by atoms with Crippen molar-refractivity contribution in [3.8, 4) is 0 Å². The Bertz CT molecular complexity index is 1000. The third kappa shape index (κ3) is 3.27. The zero-order valence-electron chi connectivity index (χ0n) is 17.1. The Morgan fingerprint density at radius 3 is 2.67 bits per heavy atom. The van der Waals surface area contributed by atoms with Crippen molar-refractivity contribution in [3.63, 3.8) is 0 Å². The summed E-state index contributed by atoms with van der Waals surface area (Å²) in [7, 11) is 1.80. The zero-order valence-corrected chi connectivity index (χ0v) is 17.9. The second-order valence-corrected chi connectivity index (χ2v) is 9.03. The maximum absolute atomic E-state index is 12.8. The molecule has 2 fully saturated rings. The number of anilines is 2. The quantitative estimate of drug-likeness (QED) is 0.755.